The molecule has 0 fully saturated rings. The second kappa shape index (κ2) is 9.09. The molecule has 0 radical (unpaired) electrons. The third-order valence-electron chi connectivity index (χ3n) is 4.46. The van der Waals surface area contributed by atoms with E-state index < -0.39 is 0 Å². The SMILES string of the molecule is CCCN(Cc1nc2cc(Cl)ccc2c(=O)[nH]1)C(=O)COc1cc(C)cc(C)c1. The van der Waals surface area contributed by atoms with Crippen molar-refractivity contribution < 1.29 is 9.53 Å². The fourth-order valence-corrected chi connectivity index (χ4v) is 3.40. The van der Waals surface area contributed by atoms with E-state index in [1.54, 1.807) is 23.1 Å². The number of rotatable bonds is 7. The Morgan fingerprint density at radius 3 is 2.59 bits per heavy atom. The number of benzene rings is 2. The number of nitrogens with zero attached hydrogens (tertiary/aromatic N) is 2. The van der Waals surface area contributed by atoms with E-state index >= 15 is 0 Å². The predicted octanol–water partition coefficient (Wildman–Crippen LogP) is 4.01. The van der Waals surface area contributed by atoms with E-state index in [9.17, 15) is 9.59 Å². The molecule has 7 heteroatoms. The van der Waals surface area contributed by atoms with Crippen molar-refractivity contribution >= 4 is 28.4 Å². The first-order valence-corrected chi connectivity index (χ1v) is 9.91. The molecule has 1 heterocycles. The maximum Gasteiger partial charge on any atom is 0.260 e. The molecule has 1 aromatic heterocycles. The van der Waals surface area contributed by atoms with E-state index in [2.05, 4.69) is 9.97 Å². The van der Waals surface area contributed by atoms with Gasteiger partial charge in [-0.25, -0.2) is 4.98 Å². The minimum atomic E-state index is -0.253. The van der Waals surface area contributed by atoms with Gasteiger partial charge >= 0.3 is 0 Å². The summed E-state index contributed by atoms with van der Waals surface area (Å²) in [6.07, 6.45) is 0.777. The Bertz CT molecular complexity index is 1070. The van der Waals surface area contributed by atoms with Gasteiger partial charge in [0.1, 0.15) is 11.6 Å². The van der Waals surface area contributed by atoms with Crippen molar-refractivity contribution in [2.45, 2.75) is 33.7 Å². The van der Waals surface area contributed by atoms with E-state index in [1.807, 2.05) is 39.0 Å². The van der Waals surface area contributed by atoms with Crippen LogP contribution in [-0.4, -0.2) is 33.9 Å². The minimum Gasteiger partial charge on any atom is -0.484 e. The lowest BCUT2D eigenvalue weighted by atomic mass is 10.1. The van der Waals surface area contributed by atoms with Crippen molar-refractivity contribution in [3.8, 4) is 5.75 Å². The molecular weight excluding hydrogens is 390 g/mol. The second-order valence-corrected chi connectivity index (χ2v) is 7.54. The summed E-state index contributed by atoms with van der Waals surface area (Å²) in [5, 5.41) is 0.967. The Balaban J connectivity index is 1.76. The smallest absolute Gasteiger partial charge is 0.260 e. The van der Waals surface area contributed by atoms with Crippen LogP contribution in [0.25, 0.3) is 10.9 Å². The van der Waals surface area contributed by atoms with Crippen molar-refractivity contribution in [2.24, 2.45) is 0 Å². The third kappa shape index (κ3) is 5.35. The first-order chi connectivity index (χ1) is 13.9. The third-order valence-corrected chi connectivity index (χ3v) is 4.70. The fourth-order valence-electron chi connectivity index (χ4n) is 3.23. The summed E-state index contributed by atoms with van der Waals surface area (Å²) < 4.78 is 5.70. The maximum atomic E-state index is 12.7. The summed E-state index contributed by atoms with van der Waals surface area (Å²) in [6, 6.07) is 10.8. The van der Waals surface area contributed by atoms with Crippen molar-refractivity contribution in [3.05, 3.63) is 68.7 Å². The fraction of sp³-hybridized carbons (Fsp3) is 0.318. The highest BCUT2D eigenvalue weighted by Gasteiger charge is 2.16. The number of fused-ring (bicyclic) bond motifs is 1. The van der Waals surface area contributed by atoms with Gasteiger partial charge in [-0.1, -0.05) is 24.6 Å². The summed E-state index contributed by atoms with van der Waals surface area (Å²) in [5.74, 6) is 0.914. The van der Waals surface area contributed by atoms with Gasteiger partial charge in [-0.3, -0.25) is 9.59 Å². The minimum absolute atomic E-state index is 0.0769. The van der Waals surface area contributed by atoms with Crippen LogP contribution in [0.2, 0.25) is 5.02 Å². The van der Waals surface area contributed by atoms with Crippen LogP contribution >= 0.6 is 11.6 Å². The van der Waals surface area contributed by atoms with Crippen LogP contribution in [0.15, 0.2) is 41.2 Å². The number of amides is 1. The average Bonchev–Trinajstić information content (AvgIpc) is 2.64. The van der Waals surface area contributed by atoms with Crippen LogP contribution in [0.3, 0.4) is 0 Å². The van der Waals surface area contributed by atoms with Crippen molar-refractivity contribution in [1.29, 1.82) is 0 Å². The quantitative estimate of drug-likeness (QED) is 0.635. The van der Waals surface area contributed by atoms with Gasteiger partial charge < -0.3 is 14.6 Å². The summed E-state index contributed by atoms with van der Waals surface area (Å²) in [6.45, 7) is 6.61. The van der Waals surface area contributed by atoms with Crippen molar-refractivity contribution in [1.82, 2.24) is 14.9 Å². The number of ether oxygens (including phenoxy) is 1. The Kier molecular flexibility index (Phi) is 6.54. The number of H-pyrrole nitrogens is 1. The molecule has 3 rings (SSSR count). The van der Waals surface area contributed by atoms with E-state index in [-0.39, 0.29) is 24.6 Å². The molecule has 1 N–H and O–H groups in total. The molecule has 3 aromatic rings. The average molecular weight is 414 g/mol. The van der Waals surface area contributed by atoms with Crippen molar-refractivity contribution in [3.63, 3.8) is 0 Å². The number of carbonyl (C=O) groups excluding carboxylic acids is 1. The van der Waals surface area contributed by atoms with Gasteiger partial charge in [-0.05, 0) is 61.7 Å². The standard InChI is InChI=1S/C22H24ClN3O3/c1-4-7-26(21(27)13-29-17-9-14(2)8-15(3)10-17)12-20-24-19-11-16(23)5-6-18(19)22(28)25-20/h5-6,8-11H,4,7,12-13H2,1-3H3,(H,24,25,28). The molecular formula is C22H24ClN3O3. The van der Waals surface area contributed by atoms with Gasteiger partial charge in [0.05, 0.1) is 17.4 Å². The lowest BCUT2D eigenvalue weighted by Gasteiger charge is -2.22. The molecule has 0 saturated carbocycles. The molecule has 0 aliphatic rings. The molecule has 0 aliphatic carbocycles. The van der Waals surface area contributed by atoms with Gasteiger partial charge in [0.25, 0.3) is 11.5 Å². The van der Waals surface area contributed by atoms with E-state index in [1.165, 1.54) is 0 Å². The largest absolute Gasteiger partial charge is 0.484 e. The molecule has 0 atom stereocenters. The molecule has 0 aliphatic heterocycles. The van der Waals surface area contributed by atoms with Gasteiger partial charge in [0.15, 0.2) is 6.61 Å². The lowest BCUT2D eigenvalue weighted by Crippen LogP contribution is -2.36. The number of hydrogen-bond donors (Lipinski definition) is 1. The molecule has 0 spiro atoms. The van der Waals surface area contributed by atoms with E-state index in [0.717, 1.165) is 17.5 Å². The first kappa shape index (κ1) is 20.9. The lowest BCUT2D eigenvalue weighted by molar-refractivity contribution is -0.134. The molecule has 1 amide bonds. The Morgan fingerprint density at radius 1 is 1.17 bits per heavy atom. The number of aryl methyl sites for hydroxylation is 2. The number of aromatic nitrogens is 2. The Labute approximate surface area is 174 Å². The van der Waals surface area contributed by atoms with Crippen LogP contribution in [0, 0.1) is 13.8 Å². The molecule has 6 nitrogen and oxygen atoms in total. The second-order valence-electron chi connectivity index (χ2n) is 7.10. The number of carbonyl (C=O) groups is 1. The number of aromatic amines is 1. The number of hydrogen-bond acceptors (Lipinski definition) is 4. The van der Waals surface area contributed by atoms with Gasteiger partial charge in [-0.2, -0.15) is 0 Å². The van der Waals surface area contributed by atoms with Gasteiger partial charge in [-0.15, -0.1) is 0 Å². The first-order valence-electron chi connectivity index (χ1n) is 9.53. The normalized spacial score (nSPS) is 10.9. The Hall–Kier alpha value is -2.86. The summed E-state index contributed by atoms with van der Waals surface area (Å²) >= 11 is 6.02. The highest BCUT2D eigenvalue weighted by Crippen LogP contribution is 2.17. The molecule has 152 valence electrons. The van der Waals surface area contributed by atoms with E-state index in [0.29, 0.717) is 34.0 Å². The molecule has 2 aromatic carbocycles. The highest BCUT2D eigenvalue weighted by atomic mass is 35.5. The summed E-state index contributed by atoms with van der Waals surface area (Å²) in [5.41, 5.74) is 2.41. The van der Waals surface area contributed by atoms with Crippen LogP contribution in [0.4, 0.5) is 0 Å². The number of nitrogens with one attached hydrogen (secondary N) is 1. The molecule has 0 unspecified atom stereocenters. The van der Waals surface area contributed by atoms with E-state index in [4.69, 9.17) is 16.3 Å². The monoisotopic (exact) mass is 413 g/mol. The molecule has 0 bridgehead atoms. The summed E-state index contributed by atoms with van der Waals surface area (Å²) in [4.78, 5) is 33.9. The predicted molar refractivity (Wildman–Crippen MR) is 114 cm³/mol. The zero-order valence-corrected chi connectivity index (χ0v) is 17.5. The van der Waals surface area contributed by atoms with Gasteiger partial charge in [0, 0.05) is 11.6 Å². The van der Waals surface area contributed by atoms with Crippen LogP contribution in [0.5, 0.6) is 5.75 Å². The van der Waals surface area contributed by atoms with Crippen LogP contribution < -0.4 is 10.3 Å². The summed E-state index contributed by atoms with van der Waals surface area (Å²) in [7, 11) is 0. The molecule has 29 heavy (non-hydrogen) atoms. The van der Waals surface area contributed by atoms with Gasteiger partial charge in [0.2, 0.25) is 0 Å². The van der Waals surface area contributed by atoms with Crippen LogP contribution in [-0.2, 0) is 11.3 Å². The van der Waals surface area contributed by atoms with Crippen LogP contribution in [0.1, 0.15) is 30.3 Å². The molecule has 0 saturated heterocycles. The number of halogens is 1. The maximum absolute atomic E-state index is 12.7. The zero-order chi connectivity index (χ0) is 21.0. The zero-order valence-electron chi connectivity index (χ0n) is 16.8. The Morgan fingerprint density at radius 2 is 1.90 bits per heavy atom. The van der Waals surface area contributed by atoms with Crippen molar-refractivity contribution in [2.75, 3.05) is 13.2 Å². The topological polar surface area (TPSA) is 75.3 Å². The highest BCUT2D eigenvalue weighted by molar-refractivity contribution is 6.31.